The molecule has 3 aliphatic rings. The predicted octanol–water partition coefficient (Wildman–Crippen LogP) is 1.84. The van der Waals surface area contributed by atoms with Gasteiger partial charge in [-0.05, 0) is 38.0 Å². The van der Waals surface area contributed by atoms with Crippen molar-refractivity contribution in [3.8, 4) is 0 Å². The van der Waals surface area contributed by atoms with Gasteiger partial charge in [-0.1, -0.05) is 26.2 Å². The molecule has 1 spiro atoms. The van der Waals surface area contributed by atoms with Crippen LogP contribution in [0.1, 0.15) is 58.8 Å². The van der Waals surface area contributed by atoms with E-state index in [9.17, 15) is 9.59 Å². The van der Waals surface area contributed by atoms with E-state index < -0.39 is 5.54 Å². The largest absolute Gasteiger partial charge is 0.340 e. The Morgan fingerprint density at radius 1 is 1.16 bits per heavy atom. The number of nitrogens with zero attached hydrogens (tertiary/aromatic N) is 1. The Balaban J connectivity index is 1.83. The zero-order valence-corrected chi connectivity index (χ0v) is 12.0. The van der Waals surface area contributed by atoms with Gasteiger partial charge >= 0.3 is 0 Å². The zero-order chi connectivity index (χ0) is 13.7. The van der Waals surface area contributed by atoms with Crippen LogP contribution in [-0.4, -0.2) is 34.8 Å². The Morgan fingerprint density at radius 3 is 2.32 bits per heavy atom. The molecule has 4 heteroatoms. The molecule has 1 heterocycles. The van der Waals surface area contributed by atoms with Crippen LogP contribution in [0.4, 0.5) is 0 Å². The van der Waals surface area contributed by atoms with E-state index >= 15 is 0 Å². The van der Waals surface area contributed by atoms with Crippen molar-refractivity contribution >= 4 is 11.8 Å². The van der Waals surface area contributed by atoms with Crippen molar-refractivity contribution in [1.82, 2.24) is 10.2 Å². The van der Waals surface area contributed by atoms with Crippen LogP contribution in [0.25, 0.3) is 0 Å². The first-order valence-corrected chi connectivity index (χ1v) is 7.59. The van der Waals surface area contributed by atoms with Gasteiger partial charge in [0.2, 0.25) is 11.8 Å². The molecule has 1 saturated heterocycles. The fourth-order valence-electron chi connectivity index (χ4n) is 3.86. The van der Waals surface area contributed by atoms with E-state index in [0.29, 0.717) is 0 Å². The van der Waals surface area contributed by atoms with Crippen molar-refractivity contribution < 1.29 is 9.59 Å². The van der Waals surface area contributed by atoms with E-state index in [1.54, 1.807) is 0 Å². The minimum atomic E-state index is -0.566. The van der Waals surface area contributed by atoms with Crippen LogP contribution in [0.2, 0.25) is 0 Å². The van der Waals surface area contributed by atoms with Crippen molar-refractivity contribution in [2.45, 2.75) is 70.4 Å². The Labute approximate surface area is 114 Å². The molecular formula is C15H24N2O2. The van der Waals surface area contributed by atoms with E-state index in [0.717, 1.165) is 32.2 Å². The Bertz CT molecular complexity index is 408. The highest BCUT2D eigenvalue weighted by Crippen LogP contribution is 2.43. The first-order valence-electron chi connectivity index (χ1n) is 7.59. The molecule has 0 aromatic carbocycles. The molecule has 0 radical (unpaired) electrons. The summed E-state index contributed by atoms with van der Waals surface area (Å²) in [6.45, 7) is 4.85. The van der Waals surface area contributed by atoms with Gasteiger partial charge in [-0.15, -0.1) is 0 Å². The number of hydrogen-bond acceptors (Lipinski definition) is 2. The molecule has 106 valence electrons. The Kier molecular flexibility index (Phi) is 2.88. The van der Waals surface area contributed by atoms with Crippen LogP contribution < -0.4 is 5.32 Å². The molecule has 1 N–H and O–H groups in total. The quantitative estimate of drug-likeness (QED) is 0.827. The van der Waals surface area contributed by atoms with Gasteiger partial charge in [0.25, 0.3) is 0 Å². The maximum atomic E-state index is 12.8. The zero-order valence-electron chi connectivity index (χ0n) is 12.0. The minimum absolute atomic E-state index is 0.0319. The molecule has 19 heavy (non-hydrogen) atoms. The fourth-order valence-corrected chi connectivity index (χ4v) is 3.86. The molecule has 0 bridgehead atoms. The molecule has 3 rings (SSSR count). The molecule has 0 aromatic rings. The van der Waals surface area contributed by atoms with E-state index in [4.69, 9.17) is 0 Å². The van der Waals surface area contributed by atoms with Gasteiger partial charge in [0, 0.05) is 6.54 Å². The molecule has 3 fully saturated rings. The SMILES string of the molecule is CC1C(=O)NC2(CCCC2)C(=O)N1CC1(C)CCC1. The summed E-state index contributed by atoms with van der Waals surface area (Å²) in [6, 6.07) is -0.309. The van der Waals surface area contributed by atoms with Gasteiger partial charge in [0.05, 0.1) is 0 Å². The second kappa shape index (κ2) is 4.22. The first kappa shape index (κ1) is 12.9. The summed E-state index contributed by atoms with van der Waals surface area (Å²) in [5.41, 5.74) is -0.328. The van der Waals surface area contributed by atoms with E-state index in [-0.39, 0.29) is 23.3 Å². The molecule has 2 saturated carbocycles. The highest BCUT2D eigenvalue weighted by Gasteiger charge is 2.52. The summed E-state index contributed by atoms with van der Waals surface area (Å²) in [5, 5.41) is 3.01. The highest BCUT2D eigenvalue weighted by molar-refractivity contribution is 5.99. The number of amides is 2. The lowest BCUT2D eigenvalue weighted by atomic mass is 9.69. The molecule has 1 aliphatic heterocycles. The average Bonchev–Trinajstić information content (AvgIpc) is 2.80. The second-order valence-corrected chi connectivity index (χ2v) is 7.05. The lowest BCUT2D eigenvalue weighted by Crippen LogP contribution is -2.70. The summed E-state index contributed by atoms with van der Waals surface area (Å²) in [6.07, 6.45) is 7.34. The summed E-state index contributed by atoms with van der Waals surface area (Å²) in [4.78, 5) is 26.9. The van der Waals surface area contributed by atoms with E-state index in [1.165, 1.54) is 19.3 Å². The third-order valence-electron chi connectivity index (χ3n) is 5.45. The number of hydrogen-bond donors (Lipinski definition) is 1. The molecule has 0 aromatic heterocycles. The molecular weight excluding hydrogens is 240 g/mol. The predicted molar refractivity (Wildman–Crippen MR) is 72.5 cm³/mol. The molecule has 2 aliphatic carbocycles. The van der Waals surface area contributed by atoms with Crippen molar-refractivity contribution in [2.24, 2.45) is 5.41 Å². The molecule has 2 amide bonds. The van der Waals surface area contributed by atoms with Crippen molar-refractivity contribution in [3.05, 3.63) is 0 Å². The first-order chi connectivity index (χ1) is 8.96. The van der Waals surface area contributed by atoms with Crippen LogP contribution in [0, 0.1) is 5.41 Å². The monoisotopic (exact) mass is 264 g/mol. The second-order valence-electron chi connectivity index (χ2n) is 7.05. The highest BCUT2D eigenvalue weighted by atomic mass is 16.2. The van der Waals surface area contributed by atoms with Crippen LogP contribution in [-0.2, 0) is 9.59 Å². The smallest absolute Gasteiger partial charge is 0.249 e. The Hall–Kier alpha value is -1.06. The maximum Gasteiger partial charge on any atom is 0.249 e. The lowest BCUT2D eigenvalue weighted by molar-refractivity contribution is -0.156. The van der Waals surface area contributed by atoms with Crippen molar-refractivity contribution in [1.29, 1.82) is 0 Å². The van der Waals surface area contributed by atoms with Gasteiger partial charge in [-0.25, -0.2) is 0 Å². The minimum Gasteiger partial charge on any atom is -0.340 e. The summed E-state index contributed by atoms with van der Waals surface area (Å²) >= 11 is 0. The van der Waals surface area contributed by atoms with Crippen LogP contribution in [0.3, 0.4) is 0 Å². The van der Waals surface area contributed by atoms with Gasteiger partial charge in [0.1, 0.15) is 11.6 Å². The van der Waals surface area contributed by atoms with Crippen LogP contribution in [0.5, 0.6) is 0 Å². The normalized spacial score (nSPS) is 32.3. The number of rotatable bonds is 2. The van der Waals surface area contributed by atoms with Gasteiger partial charge in [-0.3, -0.25) is 9.59 Å². The summed E-state index contributed by atoms with van der Waals surface area (Å²) < 4.78 is 0. The lowest BCUT2D eigenvalue weighted by Gasteiger charge is -2.49. The van der Waals surface area contributed by atoms with Crippen LogP contribution >= 0.6 is 0 Å². The standard InChI is InChI=1S/C15H24N2O2/c1-11-12(18)16-15(8-3-4-9-15)13(19)17(11)10-14(2)6-5-7-14/h11H,3-10H2,1-2H3,(H,16,18). The van der Waals surface area contributed by atoms with Gasteiger partial charge in [0.15, 0.2) is 0 Å². The van der Waals surface area contributed by atoms with Crippen LogP contribution in [0.15, 0.2) is 0 Å². The number of nitrogens with one attached hydrogen (secondary N) is 1. The number of carbonyl (C=O) groups is 2. The third kappa shape index (κ3) is 1.96. The number of carbonyl (C=O) groups excluding carboxylic acids is 2. The van der Waals surface area contributed by atoms with E-state index in [1.807, 2.05) is 11.8 Å². The maximum absolute atomic E-state index is 12.8. The van der Waals surface area contributed by atoms with Gasteiger partial charge < -0.3 is 10.2 Å². The summed E-state index contributed by atoms with van der Waals surface area (Å²) in [7, 11) is 0. The average molecular weight is 264 g/mol. The fraction of sp³-hybridized carbons (Fsp3) is 0.867. The van der Waals surface area contributed by atoms with Crippen molar-refractivity contribution in [3.63, 3.8) is 0 Å². The molecule has 1 unspecified atom stereocenters. The molecule has 4 nitrogen and oxygen atoms in total. The van der Waals surface area contributed by atoms with E-state index in [2.05, 4.69) is 12.2 Å². The topological polar surface area (TPSA) is 49.4 Å². The number of piperazine rings is 1. The Morgan fingerprint density at radius 2 is 1.79 bits per heavy atom. The van der Waals surface area contributed by atoms with Gasteiger partial charge in [-0.2, -0.15) is 0 Å². The molecule has 1 atom stereocenters. The third-order valence-corrected chi connectivity index (χ3v) is 5.45. The summed E-state index contributed by atoms with van der Waals surface area (Å²) in [5.74, 6) is 0.203. The van der Waals surface area contributed by atoms with Crippen molar-refractivity contribution in [2.75, 3.05) is 6.54 Å².